The number of Topliss-reactive ketones (excluding diaryl/α,β-unsaturated/α-hetero) is 1. The monoisotopic (exact) mass is 187 g/mol. The van der Waals surface area contributed by atoms with Crippen LogP contribution in [0, 0.1) is 5.92 Å². The Kier molecular flexibility index (Phi) is 5.11. The molecule has 0 aromatic heterocycles. The Morgan fingerprint density at radius 1 is 1.31 bits per heavy atom. The van der Waals surface area contributed by atoms with Crippen LogP contribution in [-0.4, -0.2) is 24.5 Å². The Morgan fingerprint density at radius 2 is 1.85 bits per heavy atom. The average Bonchev–Trinajstić information content (AvgIpc) is 2.00. The van der Waals surface area contributed by atoms with Crippen molar-refractivity contribution in [2.24, 2.45) is 5.92 Å². The highest BCUT2D eigenvalue weighted by Gasteiger charge is 2.12. The van der Waals surface area contributed by atoms with Crippen molar-refractivity contribution < 1.29 is 14.3 Å². The average molecular weight is 187 g/mol. The molecular weight excluding hydrogens is 170 g/mol. The van der Waals surface area contributed by atoms with Crippen LogP contribution >= 0.6 is 0 Å². The highest BCUT2D eigenvalue weighted by atomic mass is 16.6. The summed E-state index contributed by atoms with van der Waals surface area (Å²) >= 11 is 0. The maximum atomic E-state index is 11.0. The van der Waals surface area contributed by atoms with Gasteiger partial charge >= 0.3 is 6.09 Å². The van der Waals surface area contributed by atoms with E-state index in [2.05, 4.69) is 5.32 Å². The molecule has 0 aromatic rings. The molecule has 1 unspecified atom stereocenters. The Balaban J connectivity index is 3.68. The SMILES string of the molecule is CC(=O)C(C)OC(=O)NCC(C)C. The van der Waals surface area contributed by atoms with Crippen LogP contribution in [0.25, 0.3) is 0 Å². The molecule has 0 fully saturated rings. The highest BCUT2D eigenvalue weighted by molar-refractivity contribution is 5.82. The third kappa shape index (κ3) is 6.13. The fourth-order valence-electron chi connectivity index (χ4n) is 0.573. The summed E-state index contributed by atoms with van der Waals surface area (Å²) in [5, 5.41) is 2.55. The van der Waals surface area contributed by atoms with Gasteiger partial charge in [0.2, 0.25) is 0 Å². The summed E-state index contributed by atoms with van der Waals surface area (Å²) in [5.41, 5.74) is 0. The first-order valence-corrected chi connectivity index (χ1v) is 4.38. The summed E-state index contributed by atoms with van der Waals surface area (Å²) in [6.45, 7) is 7.46. The second-order valence-electron chi connectivity index (χ2n) is 3.43. The number of nitrogens with one attached hydrogen (secondary N) is 1. The van der Waals surface area contributed by atoms with Gasteiger partial charge in [-0.1, -0.05) is 13.8 Å². The Hall–Kier alpha value is -1.06. The third-order valence-corrected chi connectivity index (χ3v) is 1.51. The van der Waals surface area contributed by atoms with Crippen molar-refractivity contribution >= 4 is 11.9 Å². The zero-order valence-electron chi connectivity index (χ0n) is 8.59. The molecule has 0 aliphatic heterocycles. The number of hydrogen-bond acceptors (Lipinski definition) is 3. The van der Waals surface area contributed by atoms with Crippen LogP contribution < -0.4 is 5.32 Å². The maximum absolute atomic E-state index is 11.0. The predicted molar refractivity (Wildman–Crippen MR) is 49.5 cm³/mol. The van der Waals surface area contributed by atoms with Crippen LogP contribution in [-0.2, 0) is 9.53 Å². The van der Waals surface area contributed by atoms with Gasteiger partial charge in [0.25, 0.3) is 0 Å². The molecule has 1 atom stereocenters. The summed E-state index contributed by atoms with van der Waals surface area (Å²) < 4.78 is 4.76. The number of alkyl carbamates (subject to hydrolysis) is 1. The molecule has 1 amide bonds. The smallest absolute Gasteiger partial charge is 0.407 e. The molecule has 0 saturated heterocycles. The molecule has 4 heteroatoms. The van der Waals surface area contributed by atoms with Gasteiger partial charge < -0.3 is 10.1 Å². The van der Waals surface area contributed by atoms with Gasteiger partial charge in [-0.3, -0.25) is 4.79 Å². The second kappa shape index (κ2) is 5.56. The Labute approximate surface area is 78.6 Å². The topological polar surface area (TPSA) is 55.4 Å². The molecule has 0 saturated carbocycles. The van der Waals surface area contributed by atoms with Gasteiger partial charge in [-0.2, -0.15) is 0 Å². The molecule has 0 aliphatic rings. The number of amides is 1. The van der Waals surface area contributed by atoms with E-state index in [1.165, 1.54) is 6.92 Å². The minimum Gasteiger partial charge on any atom is -0.439 e. The van der Waals surface area contributed by atoms with Crippen LogP contribution in [0.2, 0.25) is 0 Å². The fourth-order valence-corrected chi connectivity index (χ4v) is 0.573. The lowest BCUT2D eigenvalue weighted by atomic mass is 10.2. The molecule has 0 radical (unpaired) electrons. The number of hydrogen-bond donors (Lipinski definition) is 1. The lowest BCUT2D eigenvalue weighted by molar-refractivity contribution is -0.124. The fraction of sp³-hybridized carbons (Fsp3) is 0.778. The number of carbonyl (C=O) groups is 2. The predicted octanol–water partition coefficient (Wildman–Crippen LogP) is 1.35. The maximum Gasteiger partial charge on any atom is 0.407 e. The zero-order valence-corrected chi connectivity index (χ0v) is 8.59. The normalized spacial score (nSPS) is 12.4. The minimum absolute atomic E-state index is 0.153. The van der Waals surface area contributed by atoms with Crippen molar-refractivity contribution in [2.75, 3.05) is 6.54 Å². The molecular formula is C9H17NO3. The molecule has 0 spiro atoms. The van der Waals surface area contributed by atoms with E-state index in [-0.39, 0.29) is 5.78 Å². The van der Waals surface area contributed by atoms with Gasteiger partial charge in [0.05, 0.1) is 0 Å². The third-order valence-electron chi connectivity index (χ3n) is 1.51. The summed E-state index contributed by atoms with van der Waals surface area (Å²) in [6.07, 6.45) is -1.19. The van der Waals surface area contributed by atoms with E-state index >= 15 is 0 Å². The molecule has 0 heterocycles. The lowest BCUT2D eigenvalue weighted by Gasteiger charge is -2.11. The van der Waals surface area contributed by atoms with Gasteiger partial charge in [0.15, 0.2) is 11.9 Å². The summed E-state index contributed by atoms with van der Waals surface area (Å²) in [7, 11) is 0. The first-order chi connectivity index (χ1) is 5.93. The van der Waals surface area contributed by atoms with Gasteiger partial charge in [0, 0.05) is 6.54 Å². The Bertz CT molecular complexity index is 189. The molecule has 0 aromatic carbocycles. The first-order valence-electron chi connectivity index (χ1n) is 4.38. The van der Waals surface area contributed by atoms with Crippen LogP contribution in [0.15, 0.2) is 0 Å². The number of ether oxygens (including phenoxy) is 1. The van der Waals surface area contributed by atoms with Crippen molar-refractivity contribution in [3.8, 4) is 0 Å². The van der Waals surface area contributed by atoms with Gasteiger partial charge in [-0.05, 0) is 19.8 Å². The molecule has 0 bridgehead atoms. The molecule has 0 aliphatic carbocycles. The molecule has 13 heavy (non-hydrogen) atoms. The van der Waals surface area contributed by atoms with Gasteiger partial charge in [-0.25, -0.2) is 4.79 Å². The van der Waals surface area contributed by atoms with E-state index in [9.17, 15) is 9.59 Å². The lowest BCUT2D eigenvalue weighted by Crippen LogP contribution is -2.32. The van der Waals surface area contributed by atoms with E-state index in [0.717, 1.165) is 0 Å². The van der Waals surface area contributed by atoms with Gasteiger partial charge in [-0.15, -0.1) is 0 Å². The summed E-state index contributed by atoms with van der Waals surface area (Å²) in [6, 6.07) is 0. The number of ketones is 1. The summed E-state index contributed by atoms with van der Waals surface area (Å²) in [4.78, 5) is 21.7. The van der Waals surface area contributed by atoms with Crippen molar-refractivity contribution in [2.45, 2.75) is 33.8 Å². The van der Waals surface area contributed by atoms with Crippen LogP contribution in [0.3, 0.4) is 0 Å². The van der Waals surface area contributed by atoms with Crippen LogP contribution in [0.4, 0.5) is 4.79 Å². The minimum atomic E-state index is -0.660. The number of carbonyl (C=O) groups excluding carboxylic acids is 2. The Morgan fingerprint density at radius 3 is 2.23 bits per heavy atom. The van der Waals surface area contributed by atoms with E-state index in [4.69, 9.17) is 4.74 Å². The van der Waals surface area contributed by atoms with E-state index in [0.29, 0.717) is 12.5 Å². The number of rotatable bonds is 4. The summed E-state index contributed by atoms with van der Waals surface area (Å²) in [5.74, 6) is 0.222. The molecule has 76 valence electrons. The van der Waals surface area contributed by atoms with Crippen LogP contribution in [0.1, 0.15) is 27.7 Å². The quantitative estimate of drug-likeness (QED) is 0.722. The molecule has 0 rings (SSSR count). The van der Waals surface area contributed by atoms with E-state index in [1.54, 1.807) is 6.92 Å². The second-order valence-corrected chi connectivity index (χ2v) is 3.43. The van der Waals surface area contributed by atoms with Crippen LogP contribution in [0.5, 0.6) is 0 Å². The molecule has 1 N–H and O–H groups in total. The van der Waals surface area contributed by atoms with Crippen molar-refractivity contribution in [3.63, 3.8) is 0 Å². The first kappa shape index (κ1) is 11.9. The highest BCUT2D eigenvalue weighted by Crippen LogP contribution is 1.94. The van der Waals surface area contributed by atoms with E-state index < -0.39 is 12.2 Å². The zero-order chi connectivity index (χ0) is 10.4. The van der Waals surface area contributed by atoms with E-state index in [1.807, 2.05) is 13.8 Å². The standard InChI is InChI=1S/C9H17NO3/c1-6(2)5-10-9(12)13-8(4)7(3)11/h6,8H,5H2,1-4H3,(H,10,12). The van der Waals surface area contributed by atoms with Gasteiger partial charge in [0.1, 0.15) is 0 Å². The van der Waals surface area contributed by atoms with Crippen molar-refractivity contribution in [3.05, 3.63) is 0 Å². The van der Waals surface area contributed by atoms with Crippen molar-refractivity contribution in [1.29, 1.82) is 0 Å². The largest absolute Gasteiger partial charge is 0.439 e. The molecule has 4 nitrogen and oxygen atoms in total. The van der Waals surface area contributed by atoms with Crippen molar-refractivity contribution in [1.82, 2.24) is 5.32 Å².